The van der Waals surface area contributed by atoms with E-state index in [0.29, 0.717) is 17.4 Å². The zero-order valence-electron chi connectivity index (χ0n) is 11.4. The molecular formula is C14H22FN3. The summed E-state index contributed by atoms with van der Waals surface area (Å²) in [5.41, 5.74) is 7.00. The smallest absolute Gasteiger partial charge is 0.166 e. The minimum Gasteiger partial charge on any atom is -0.396 e. The van der Waals surface area contributed by atoms with Crippen molar-refractivity contribution in [1.82, 2.24) is 4.98 Å². The van der Waals surface area contributed by atoms with Gasteiger partial charge in [0.1, 0.15) is 0 Å². The van der Waals surface area contributed by atoms with Crippen molar-refractivity contribution in [3.8, 4) is 0 Å². The van der Waals surface area contributed by atoms with Gasteiger partial charge in [0.2, 0.25) is 0 Å². The first kappa shape index (κ1) is 13.1. The Morgan fingerprint density at radius 3 is 2.67 bits per heavy atom. The van der Waals surface area contributed by atoms with Gasteiger partial charge in [0, 0.05) is 12.6 Å². The molecule has 1 saturated heterocycles. The maximum absolute atomic E-state index is 14.0. The molecule has 1 fully saturated rings. The van der Waals surface area contributed by atoms with E-state index in [9.17, 15) is 4.39 Å². The zero-order chi connectivity index (χ0) is 13.3. The molecule has 2 heterocycles. The van der Waals surface area contributed by atoms with Gasteiger partial charge < -0.3 is 10.6 Å². The first-order valence-corrected chi connectivity index (χ1v) is 6.57. The SMILES string of the molecule is CC(C)(C)C1CCCCN1c1c(N)cncc1F. The number of hydrogen-bond donors (Lipinski definition) is 1. The highest BCUT2D eigenvalue weighted by Gasteiger charge is 2.34. The van der Waals surface area contributed by atoms with E-state index >= 15 is 0 Å². The normalized spacial score (nSPS) is 21.1. The van der Waals surface area contributed by atoms with E-state index in [2.05, 4.69) is 30.7 Å². The molecule has 1 aromatic heterocycles. The maximum atomic E-state index is 14.0. The van der Waals surface area contributed by atoms with Crippen LogP contribution in [0, 0.1) is 11.2 Å². The van der Waals surface area contributed by atoms with Crippen molar-refractivity contribution in [3.63, 3.8) is 0 Å². The van der Waals surface area contributed by atoms with Crippen LogP contribution in [-0.2, 0) is 0 Å². The van der Waals surface area contributed by atoms with Gasteiger partial charge in [-0.1, -0.05) is 20.8 Å². The van der Waals surface area contributed by atoms with Crippen LogP contribution in [0.2, 0.25) is 0 Å². The van der Waals surface area contributed by atoms with E-state index < -0.39 is 0 Å². The van der Waals surface area contributed by atoms with Gasteiger partial charge in [-0.05, 0) is 24.7 Å². The molecule has 18 heavy (non-hydrogen) atoms. The van der Waals surface area contributed by atoms with Crippen LogP contribution in [0.5, 0.6) is 0 Å². The Bertz CT molecular complexity index is 405. The Morgan fingerprint density at radius 1 is 1.33 bits per heavy atom. The Morgan fingerprint density at radius 2 is 2.06 bits per heavy atom. The Kier molecular flexibility index (Phi) is 3.46. The third-order valence-corrected chi connectivity index (χ3v) is 3.69. The van der Waals surface area contributed by atoms with E-state index in [1.54, 1.807) is 0 Å². The summed E-state index contributed by atoms with van der Waals surface area (Å²) in [7, 11) is 0. The summed E-state index contributed by atoms with van der Waals surface area (Å²) in [6.07, 6.45) is 6.16. The number of halogens is 1. The molecule has 0 aromatic carbocycles. The average molecular weight is 251 g/mol. The molecule has 0 saturated carbocycles. The largest absolute Gasteiger partial charge is 0.396 e. The number of nitrogens with two attached hydrogens (primary N) is 1. The zero-order valence-corrected chi connectivity index (χ0v) is 11.4. The molecule has 0 aliphatic carbocycles. The van der Waals surface area contributed by atoms with Crippen molar-refractivity contribution in [2.24, 2.45) is 5.41 Å². The minimum atomic E-state index is -0.314. The topological polar surface area (TPSA) is 42.1 Å². The molecule has 0 amide bonds. The average Bonchev–Trinajstić information content (AvgIpc) is 2.28. The van der Waals surface area contributed by atoms with Crippen molar-refractivity contribution >= 4 is 11.4 Å². The number of aromatic nitrogens is 1. The van der Waals surface area contributed by atoms with Crippen LogP contribution in [0.15, 0.2) is 12.4 Å². The Hall–Kier alpha value is -1.32. The number of piperidine rings is 1. The van der Waals surface area contributed by atoms with Crippen LogP contribution in [0.3, 0.4) is 0 Å². The highest BCUT2D eigenvalue weighted by atomic mass is 19.1. The van der Waals surface area contributed by atoms with Crippen LogP contribution in [0.25, 0.3) is 0 Å². The fourth-order valence-electron chi connectivity index (χ4n) is 2.85. The van der Waals surface area contributed by atoms with E-state index in [0.717, 1.165) is 19.4 Å². The maximum Gasteiger partial charge on any atom is 0.166 e. The van der Waals surface area contributed by atoms with E-state index in [-0.39, 0.29) is 11.2 Å². The van der Waals surface area contributed by atoms with E-state index in [1.165, 1.54) is 18.8 Å². The number of pyridine rings is 1. The van der Waals surface area contributed by atoms with Gasteiger partial charge in [-0.2, -0.15) is 0 Å². The lowest BCUT2D eigenvalue weighted by Crippen LogP contribution is -2.48. The molecule has 2 rings (SSSR count). The van der Waals surface area contributed by atoms with E-state index in [1.807, 2.05) is 0 Å². The van der Waals surface area contributed by atoms with Crippen molar-refractivity contribution < 1.29 is 4.39 Å². The monoisotopic (exact) mass is 251 g/mol. The molecule has 2 N–H and O–H groups in total. The summed E-state index contributed by atoms with van der Waals surface area (Å²) in [5.74, 6) is -0.314. The second-order valence-corrected chi connectivity index (χ2v) is 6.13. The minimum absolute atomic E-state index is 0.114. The molecule has 1 atom stereocenters. The highest BCUT2D eigenvalue weighted by Crippen LogP contribution is 2.38. The predicted octanol–water partition coefficient (Wildman–Crippen LogP) is 3.21. The van der Waals surface area contributed by atoms with Gasteiger partial charge in [0.25, 0.3) is 0 Å². The van der Waals surface area contributed by atoms with Gasteiger partial charge in [0.15, 0.2) is 5.82 Å². The number of nitrogens with zero attached hydrogens (tertiary/aromatic N) is 2. The quantitative estimate of drug-likeness (QED) is 0.833. The Balaban J connectivity index is 2.40. The van der Waals surface area contributed by atoms with Crippen molar-refractivity contribution in [2.45, 2.75) is 46.1 Å². The summed E-state index contributed by atoms with van der Waals surface area (Å²) < 4.78 is 14.0. The first-order chi connectivity index (χ1) is 8.41. The van der Waals surface area contributed by atoms with Crippen molar-refractivity contribution in [3.05, 3.63) is 18.2 Å². The van der Waals surface area contributed by atoms with Crippen LogP contribution in [0.4, 0.5) is 15.8 Å². The number of hydrogen-bond acceptors (Lipinski definition) is 3. The molecule has 0 radical (unpaired) electrons. The molecule has 1 aliphatic rings. The molecule has 1 aromatic rings. The third-order valence-electron chi connectivity index (χ3n) is 3.69. The predicted molar refractivity (Wildman–Crippen MR) is 73.0 cm³/mol. The second kappa shape index (κ2) is 4.75. The second-order valence-electron chi connectivity index (χ2n) is 6.13. The number of anilines is 2. The van der Waals surface area contributed by atoms with Crippen LogP contribution in [0.1, 0.15) is 40.0 Å². The van der Waals surface area contributed by atoms with Crippen LogP contribution < -0.4 is 10.6 Å². The first-order valence-electron chi connectivity index (χ1n) is 6.57. The van der Waals surface area contributed by atoms with Crippen molar-refractivity contribution in [2.75, 3.05) is 17.2 Å². The number of nitrogen functional groups attached to an aromatic ring is 1. The molecule has 100 valence electrons. The van der Waals surface area contributed by atoms with Gasteiger partial charge in [-0.3, -0.25) is 4.98 Å². The summed E-state index contributed by atoms with van der Waals surface area (Å²) >= 11 is 0. The fourth-order valence-corrected chi connectivity index (χ4v) is 2.85. The van der Waals surface area contributed by atoms with Crippen LogP contribution in [-0.4, -0.2) is 17.6 Å². The lowest BCUT2D eigenvalue weighted by Gasteiger charge is -2.45. The molecule has 3 nitrogen and oxygen atoms in total. The Labute approximate surface area is 108 Å². The standard InChI is InChI=1S/C14H22FN3/c1-14(2,3)12-6-4-5-7-18(12)13-10(15)8-17-9-11(13)16/h8-9,12H,4-7,16H2,1-3H3. The molecule has 0 spiro atoms. The fraction of sp³-hybridized carbons (Fsp3) is 0.643. The third kappa shape index (κ3) is 2.42. The molecule has 1 unspecified atom stereocenters. The van der Waals surface area contributed by atoms with Gasteiger partial charge >= 0.3 is 0 Å². The van der Waals surface area contributed by atoms with Crippen molar-refractivity contribution in [1.29, 1.82) is 0 Å². The summed E-state index contributed by atoms with van der Waals surface area (Å²) in [4.78, 5) is 5.93. The number of rotatable bonds is 1. The van der Waals surface area contributed by atoms with E-state index in [4.69, 9.17) is 5.73 Å². The lowest BCUT2D eigenvalue weighted by molar-refractivity contribution is 0.260. The van der Waals surface area contributed by atoms with Crippen LogP contribution >= 0.6 is 0 Å². The molecule has 1 aliphatic heterocycles. The summed E-state index contributed by atoms with van der Waals surface area (Å²) in [5, 5.41) is 0. The summed E-state index contributed by atoms with van der Waals surface area (Å²) in [6, 6.07) is 0.324. The van der Waals surface area contributed by atoms with Gasteiger partial charge in [-0.15, -0.1) is 0 Å². The molecule has 4 heteroatoms. The molecule has 0 bridgehead atoms. The van der Waals surface area contributed by atoms with Gasteiger partial charge in [0.05, 0.1) is 23.8 Å². The highest BCUT2D eigenvalue weighted by molar-refractivity contribution is 5.67. The lowest BCUT2D eigenvalue weighted by atomic mass is 9.80. The molecular weight excluding hydrogens is 229 g/mol. The summed E-state index contributed by atoms with van der Waals surface area (Å²) in [6.45, 7) is 7.47. The van der Waals surface area contributed by atoms with Gasteiger partial charge in [-0.25, -0.2) is 4.39 Å².